The molecule has 16 heavy (non-hydrogen) atoms. The minimum absolute atomic E-state index is 0.424. The van der Waals surface area contributed by atoms with Crippen molar-refractivity contribution in [3.05, 3.63) is 18.2 Å². The Morgan fingerprint density at radius 3 is 2.56 bits per heavy atom. The van der Waals surface area contributed by atoms with Crippen molar-refractivity contribution in [1.82, 2.24) is 14.9 Å². The van der Waals surface area contributed by atoms with Gasteiger partial charge in [0.05, 0.1) is 6.04 Å². The van der Waals surface area contributed by atoms with Crippen molar-refractivity contribution in [1.29, 1.82) is 0 Å². The molecule has 1 fully saturated rings. The Morgan fingerprint density at radius 1 is 1.38 bits per heavy atom. The maximum Gasteiger partial charge on any atom is 0.125 e. The average molecular weight is 221 g/mol. The van der Waals surface area contributed by atoms with Crippen molar-refractivity contribution in [2.24, 2.45) is 18.9 Å². The average Bonchev–Trinajstić information content (AvgIpc) is 2.69. The fraction of sp³-hybridized carbons (Fsp3) is 0.769. The number of aryl methyl sites for hydroxylation is 1. The highest BCUT2D eigenvalue weighted by Crippen LogP contribution is 2.35. The third-order valence-electron chi connectivity index (χ3n) is 3.98. The molecule has 0 amide bonds. The van der Waals surface area contributed by atoms with Gasteiger partial charge in [0.15, 0.2) is 0 Å². The van der Waals surface area contributed by atoms with Gasteiger partial charge in [-0.05, 0) is 31.7 Å². The van der Waals surface area contributed by atoms with Gasteiger partial charge in [0.1, 0.15) is 5.82 Å². The molecule has 1 saturated carbocycles. The maximum atomic E-state index is 4.48. The number of aromatic nitrogens is 2. The summed E-state index contributed by atoms with van der Waals surface area (Å²) >= 11 is 0. The van der Waals surface area contributed by atoms with Gasteiger partial charge in [-0.3, -0.25) is 0 Å². The molecule has 1 N–H and O–H groups in total. The van der Waals surface area contributed by atoms with E-state index < -0.39 is 0 Å². The van der Waals surface area contributed by atoms with E-state index in [9.17, 15) is 0 Å². The minimum atomic E-state index is 0.424. The molecule has 0 aromatic carbocycles. The second kappa shape index (κ2) is 5.00. The van der Waals surface area contributed by atoms with Crippen LogP contribution in [0.15, 0.2) is 12.4 Å². The van der Waals surface area contributed by atoms with Crippen molar-refractivity contribution in [3.63, 3.8) is 0 Å². The summed E-state index contributed by atoms with van der Waals surface area (Å²) in [7, 11) is 4.13. The summed E-state index contributed by atoms with van der Waals surface area (Å²) < 4.78 is 2.14. The topological polar surface area (TPSA) is 29.9 Å². The molecular weight excluding hydrogens is 198 g/mol. The molecule has 2 rings (SSSR count). The predicted octanol–water partition coefficient (Wildman–Crippen LogP) is 2.51. The lowest BCUT2D eigenvalue weighted by atomic mass is 9.79. The van der Waals surface area contributed by atoms with E-state index in [2.05, 4.69) is 35.9 Å². The second-order valence-electron chi connectivity index (χ2n) is 5.18. The molecule has 1 heterocycles. The number of nitrogens with zero attached hydrogens (tertiary/aromatic N) is 2. The summed E-state index contributed by atoms with van der Waals surface area (Å²) in [6.45, 7) is 2.37. The van der Waals surface area contributed by atoms with Gasteiger partial charge in [0, 0.05) is 19.4 Å². The summed E-state index contributed by atoms with van der Waals surface area (Å²) in [5, 5.41) is 3.45. The van der Waals surface area contributed by atoms with Crippen LogP contribution in [-0.2, 0) is 7.05 Å². The summed E-state index contributed by atoms with van der Waals surface area (Å²) in [6.07, 6.45) is 9.33. The van der Waals surface area contributed by atoms with Crippen LogP contribution in [0.4, 0.5) is 0 Å². The maximum absolute atomic E-state index is 4.48. The Kier molecular flexibility index (Phi) is 3.64. The van der Waals surface area contributed by atoms with Gasteiger partial charge in [-0.25, -0.2) is 4.98 Å². The standard InChI is InChI=1S/C13H23N3/c1-10-4-6-11(7-5-10)12(14-2)13-15-8-9-16(13)3/h8-12,14H,4-7H2,1-3H3. The Balaban J connectivity index is 2.08. The van der Waals surface area contributed by atoms with Gasteiger partial charge in [-0.15, -0.1) is 0 Å². The van der Waals surface area contributed by atoms with E-state index in [0.29, 0.717) is 6.04 Å². The zero-order valence-corrected chi connectivity index (χ0v) is 10.6. The van der Waals surface area contributed by atoms with E-state index in [1.807, 2.05) is 12.4 Å². The number of rotatable bonds is 3. The lowest BCUT2D eigenvalue weighted by Crippen LogP contribution is -2.30. The third kappa shape index (κ3) is 2.29. The normalized spacial score (nSPS) is 27.9. The lowest BCUT2D eigenvalue weighted by Gasteiger charge is -2.32. The molecule has 0 radical (unpaired) electrons. The lowest BCUT2D eigenvalue weighted by molar-refractivity contribution is 0.230. The van der Waals surface area contributed by atoms with Crippen molar-refractivity contribution in [2.75, 3.05) is 7.05 Å². The Bertz CT molecular complexity index is 324. The van der Waals surface area contributed by atoms with E-state index in [1.54, 1.807) is 0 Å². The fourth-order valence-electron chi connectivity index (χ4n) is 2.87. The molecule has 1 aliphatic rings. The monoisotopic (exact) mass is 221 g/mol. The molecule has 1 unspecified atom stereocenters. The molecule has 1 aliphatic carbocycles. The van der Waals surface area contributed by atoms with Crippen LogP contribution in [-0.4, -0.2) is 16.6 Å². The first-order chi connectivity index (χ1) is 7.72. The van der Waals surface area contributed by atoms with E-state index in [-0.39, 0.29) is 0 Å². The van der Waals surface area contributed by atoms with Crippen molar-refractivity contribution in [3.8, 4) is 0 Å². The van der Waals surface area contributed by atoms with Crippen LogP contribution in [0.1, 0.15) is 44.5 Å². The predicted molar refractivity (Wildman–Crippen MR) is 66.1 cm³/mol. The quantitative estimate of drug-likeness (QED) is 0.850. The first-order valence-electron chi connectivity index (χ1n) is 6.37. The highest BCUT2D eigenvalue weighted by Gasteiger charge is 2.28. The van der Waals surface area contributed by atoms with E-state index in [1.165, 1.54) is 31.5 Å². The van der Waals surface area contributed by atoms with Gasteiger partial charge in [-0.2, -0.15) is 0 Å². The van der Waals surface area contributed by atoms with Gasteiger partial charge in [0.25, 0.3) is 0 Å². The molecule has 3 heteroatoms. The summed E-state index contributed by atoms with van der Waals surface area (Å²) in [4.78, 5) is 4.48. The molecule has 0 saturated heterocycles. The van der Waals surface area contributed by atoms with Crippen LogP contribution in [0, 0.1) is 11.8 Å². The van der Waals surface area contributed by atoms with Crippen LogP contribution in [0.5, 0.6) is 0 Å². The first kappa shape index (κ1) is 11.6. The SMILES string of the molecule is CNC(c1nccn1C)C1CCC(C)CC1. The molecular formula is C13H23N3. The minimum Gasteiger partial charge on any atom is -0.337 e. The Morgan fingerprint density at radius 2 is 2.06 bits per heavy atom. The number of hydrogen-bond acceptors (Lipinski definition) is 2. The molecule has 3 nitrogen and oxygen atoms in total. The molecule has 90 valence electrons. The first-order valence-corrected chi connectivity index (χ1v) is 6.37. The van der Waals surface area contributed by atoms with Crippen LogP contribution in [0.25, 0.3) is 0 Å². The molecule has 0 spiro atoms. The molecule has 1 atom stereocenters. The van der Waals surface area contributed by atoms with Gasteiger partial charge in [0.2, 0.25) is 0 Å². The van der Waals surface area contributed by atoms with Gasteiger partial charge >= 0.3 is 0 Å². The Labute approximate surface area is 98.3 Å². The summed E-state index contributed by atoms with van der Waals surface area (Å²) in [6, 6.07) is 0.424. The molecule has 1 aromatic rings. The Hall–Kier alpha value is -0.830. The van der Waals surface area contributed by atoms with Crippen LogP contribution < -0.4 is 5.32 Å². The summed E-state index contributed by atoms with van der Waals surface area (Å²) in [5.74, 6) is 2.85. The second-order valence-corrected chi connectivity index (χ2v) is 5.18. The van der Waals surface area contributed by atoms with Crippen molar-refractivity contribution >= 4 is 0 Å². The molecule has 1 aromatic heterocycles. The molecule has 0 bridgehead atoms. The highest BCUT2D eigenvalue weighted by molar-refractivity contribution is 5.01. The fourth-order valence-corrected chi connectivity index (χ4v) is 2.87. The van der Waals surface area contributed by atoms with Crippen molar-refractivity contribution < 1.29 is 0 Å². The largest absolute Gasteiger partial charge is 0.337 e. The van der Waals surface area contributed by atoms with Gasteiger partial charge < -0.3 is 9.88 Å². The summed E-state index contributed by atoms with van der Waals surface area (Å²) in [5.41, 5.74) is 0. The number of nitrogens with one attached hydrogen (secondary N) is 1. The van der Waals surface area contributed by atoms with E-state index >= 15 is 0 Å². The van der Waals surface area contributed by atoms with Crippen LogP contribution in [0.2, 0.25) is 0 Å². The number of hydrogen-bond donors (Lipinski definition) is 1. The zero-order valence-electron chi connectivity index (χ0n) is 10.6. The van der Waals surface area contributed by atoms with Crippen LogP contribution in [0.3, 0.4) is 0 Å². The molecule has 0 aliphatic heterocycles. The van der Waals surface area contributed by atoms with Gasteiger partial charge in [-0.1, -0.05) is 19.8 Å². The zero-order chi connectivity index (χ0) is 11.5. The van der Waals surface area contributed by atoms with E-state index in [0.717, 1.165) is 11.8 Å². The number of imidazole rings is 1. The van der Waals surface area contributed by atoms with Crippen molar-refractivity contribution in [2.45, 2.75) is 38.6 Å². The van der Waals surface area contributed by atoms with Crippen LogP contribution >= 0.6 is 0 Å². The highest BCUT2D eigenvalue weighted by atomic mass is 15.1. The smallest absolute Gasteiger partial charge is 0.125 e. The third-order valence-corrected chi connectivity index (χ3v) is 3.98. The van der Waals surface area contributed by atoms with E-state index in [4.69, 9.17) is 0 Å².